The van der Waals surface area contributed by atoms with Crippen LogP contribution >= 0.6 is 15.9 Å². The largest absolute Gasteiger partial charge is 0.497 e. The molecule has 162 valence electrons. The Hall–Kier alpha value is -1.27. The van der Waals surface area contributed by atoms with Crippen molar-refractivity contribution in [2.24, 2.45) is 5.92 Å². The molecule has 0 saturated carbocycles. The summed E-state index contributed by atoms with van der Waals surface area (Å²) < 4.78 is 6.57. The zero-order chi connectivity index (χ0) is 20.6. The Morgan fingerprint density at radius 2 is 2.00 bits per heavy atom. The first-order valence-corrected chi connectivity index (χ1v) is 12.0. The van der Waals surface area contributed by atoms with Gasteiger partial charge in [0.25, 0.3) is 0 Å². The number of halogens is 1. The second kappa shape index (κ2) is 11.2. The van der Waals surface area contributed by atoms with Crippen molar-refractivity contribution in [2.75, 3.05) is 39.8 Å². The number of amides is 2. The van der Waals surface area contributed by atoms with Crippen LogP contribution in [0.15, 0.2) is 22.7 Å². The number of nitrogens with one attached hydrogen (secondary N) is 1. The number of urea groups is 1. The second-order valence-electron chi connectivity index (χ2n) is 8.41. The van der Waals surface area contributed by atoms with Crippen molar-refractivity contribution in [1.29, 1.82) is 0 Å². The molecule has 0 aromatic heterocycles. The smallest absolute Gasteiger partial charge is 0.317 e. The fourth-order valence-electron chi connectivity index (χ4n) is 4.71. The summed E-state index contributed by atoms with van der Waals surface area (Å²) in [5.74, 6) is 1.67. The number of carbonyl (C=O) groups excluding carboxylic acids is 1. The van der Waals surface area contributed by atoms with Crippen molar-refractivity contribution < 1.29 is 9.53 Å². The lowest BCUT2D eigenvalue weighted by Crippen LogP contribution is -2.49. The highest BCUT2D eigenvalue weighted by Crippen LogP contribution is 2.29. The third-order valence-electron chi connectivity index (χ3n) is 6.46. The number of rotatable bonds is 7. The van der Waals surface area contributed by atoms with E-state index in [1.165, 1.54) is 42.4 Å². The van der Waals surface area contributed by atoms with Gasteiger partial charge in [-0.25, -0.2) is 4.79 Å². The van der Waals surface area contributed by atoms with Crippen LogP contribution in [0.1, 0.15) is 51.0 Å². The number of hydrogen-bond donors (Lipinski definition) is 1. The normalized spacial score (nSPS) is 21.2. The van der Waals surface area contributed by atoms with Gasteiger partial charge in [0, 0.05) is 30.1 Å². The molecule has 1 aromatic carbocycles. The minimum Gasteiger partial charge on any atom is -0.497 e. The molecule has 2 fully saturated rings. The summed E-state index contributed by atoms with van der Waals surface area (Å²) in [5, 5.41) is 2.99. The third-order valence-corrected chi connectivity index (χ3v) is 7.24. The fourth-order valence-corrected chi connectivity index (χ4v) is 5.12. The maximum atomic E-state index is 12.3. The van der Waals surface area contributed by atoms with Gasteiger partial charge in [-0.05, 0) is 94.6 Å². The molecule has 3 rings (SSSR count). The minimum absolute atomic E-state index is 0.125. The van der Waals surface area contributed by atoms with E-state index in [0.29, 0.717) is 12.6 Å². The van der Waals surface area contributed by atoms with E-state index in [0.717, 1.165) is 50.4 Å². The van der Waals surface area contributed by atoms with Gasteiger partial charge in [0.05, 0.1) is 7.11 Å². The quantitative estimate of drug-likeness (QED) is 0.635. The highest BCUT2D eigenvalue weighted by Gasteiger charge is 2.27. The number of likely N-dealkylation sites (tertiary alicyclic amines) is 2. The molecule has 2 saturated heterocycles. The summed E-state index contributed by atoms with van der Waals surface area (Å²) in [4.78, 5) is 17.0. The Labute approximate surface area is 184 Å². The Bertz CT molecular complexity index is 662. The topological polar surface area (TPSA) is 44.8 Å². The van der Waals surface area contributed by atoms with E-state index in [1.807, 2.05) is 13.0 Å². The average molecular weight is 466 g/mol. The van der Waals surface area contributed by atoms with E-state index in [9.17, 15) is 4.79 Å². The van der Waals surface area contributed by atoms with Crippen LogP contribution in [-0.4, -0.2) is 61.7 Å². The molecule has 6 heteroatoms. The van der Waals surface area contributed by atoms with Gasteiger partial charge in [-0.15, -0.1) is 0 Å². The first-order valence-electron chi connectivity index (χ1n) is 11.2. The van der Waals surface area contributed by atoms with Gasteiger partial charge in [0.1, 0.15) is 5.75 Å². The number of piperidine rings is 2. The molecule has 2 heterocycles. The standard InChI is InChI=1S/C23H36BrN3O2/c1-3-25-23(28)27-12-5-4-6-20(27)11-15-26-13-9-18(10-14-26)16-19-17-21(29-2)7-8-22(19)24/h7-8,17-18,20H,3-6,9-16H2,1-2H3,(H,25,28). The summed E-state index contributed by atoms with van der Waals surface area (Å²) >= 11 is 3.69. The van der Waals surface area contributed by atoms with Crippen LogP contribution in [0.25, 0.3) is 0 Å². The summed E-state index contributed by atoms with van der Waals surface area (Å²) in [7, 11) is 1.73. The van der Waals surface area contributed by atoms with Crippen LogP contribution in [-0.2, 0) is 6.42 Å². The molecule has 0 aliphatic carbocycles. The predicted octanol–water partition coefficient (Wildman–Crippen LogP) is 4.69. The zero-order valence-electron chi connectivity index (χ0n) is 18.0. The van der Waals surface area contributed by atoms with Crippen molar-refractivity contribution in [3.63, 3.8) is 0 Å². The van der Waals surface area contributed by atoms with Crippen molar-refractivity contribution >= 4 is 22.0 Å². The van der Waals surface area contributed by atoms with Crippen LogP contribution in [0.3, 0.4) is 0 Å². The van der Waals surface area contributed by atoms with Gasteiger partial charge in [0.15, 0.2) is 0 Å². The number of nitrogens with zero attached hydrogens (tertiary/aromatic N) is 2. The van der Waals surface area contributed by atoms with Gasteiger partial charge in [0.2, 0.25) is 0 Å². The fraction of sp³-hybridized carbons (Fsp3) is 0.696. The van der Waals surface area contributed by atoms with Gasteiger partial charge >= 0.3 is 6.03 Å². The van der Waals surface area contributed by atoms with Gasteiger partial charge in [-0.2, -0.15) is 0 Å². The van der Waals surface area contributed by atoms with Crippen LogP contribution in [0.2, 0.25) is 0 Å². The summed E-state index contributed by atoms with van der Waals surface area (Å²) in [6.07, 6.45) is 8.24. The molecule has 5 nitrogen and oxygen atoms in total. The average Bonchev–Trinajstić information content (AvgIpc) is 2.75. The Morgan fingerprint density at radius 3 is 2.72 bits per heavy atom. The molecule has 2 aliphatic rings. The molecular weight excluding hydrogens is 430 g/mol. The second-order valence-corrected chi connectivity index (χ2v) is 9.27. The SMILES string of the molecule is CCNC(=O)N1CCCCC1CCN1CCC(Cc2cc(OC)ccc2Br)CC1. The third kappa shape index (κ3) is 6.35. The molecule has 1 N–H and O–H groups in total. The van der Waals surface area contributed by atoms with Gasteiger partial charge in [-0.3, -0.25) is 0 Å². The highest BCUT2D eigenvalue weighted by atomic mass is 79.9. The molecular formula is C23H36BrN3O2. The number of methoxy groups -OCH3 is 1. The highest BCUT2D eigenvalue weighted by molar-refractivity contribution is 9.10. The molecule has 0 spiro atoms. The molecule has 0 bridgehead atoms. The molecule has 2 amide bonds. The Morgan fingerprint density at radius 1 is 1.21 bits per heavy atom. The summed E-state index contributed by atoms with van der Waals surface area (Å²) in [5.41, 5.74) is 1.35. The molecule has 1 aromatic rings. The zero-order valence-corrected chi connectivity index (χ0v) is 19.5. The Balaban J connectivity index is 1.44. The molecule has 1 atom stereocenters. The lowest BCUT2D eigenvalue weighted by molar-refractivity contribution is 0.125. The number of ether oxygens (including phenoxy) is 1. The van der Waals surface area contributed by atoms with E-state index >= 15 is 0 Å². The van der Waals surface area contributed by atoms with Crippen molar-refractivity contribution in [2.45, 2.75) is 57.9 Å². The Kier molecular flexibility index (Phi) is 8.67. The van der Waals surface area contributed by atoms with E-state index in [4.69, 9.17) is 4.74 Å². The number of hydrogen-bond acceptors (Lipinski definition) is 3. The van der Waals surface area contributed by atoms with Crippen LogP contribution in [0.5, 0.6) is 5.75 Å². The number of benzene rings is 1. The van der Waals surface area contributed by atoms with Gasteiger partial charge < -0.3 is 19.9 Å². The lowest BCUT2D eigenvalue weighted by Gasteiger charge is -2.38. The first kappa shape index (κ1) is 22.4. The first-order chi connectivity index (χ1) is 14.1. The number of carbonyl (C=O) groups is 1. The van der Waals surface area contributed by atoms with E-state index < -0.39 is 0 Å². The molecule has 29 heavy (non-hydrogen) atoms. The molecule has 2 aliphatic heterocycles. The van der Waals surface area contributed by atoms with E-state index in [2.05, 4.69) is 43.2 Å². The lowest BCUT2D eigenvalue weighted by atomic mass is 9.90. The molecule has 1 unspecified atom stereocenters. The van der Waals surface area contributed by atoms with E-state index in [-0.39, 0.29) is 6.03 Å². The van der Waals surface area contributed by atoms with E-state index in [1.54, 1.807) is 7.11 Å². The monoisotopic (exact) mass is 465 g/mol. The van der Waals surface area contributed by atoms with Crippen molar-refractivity contribution in [3.05, 3.63) is 28.2 Å². The predicted molar refractivity (Wildman–Crippen MR) is 122 cm³/mol. The van der Waals surface area contributed by atoms with Crippen molar-refractivity contribution in [3.8, 4) is 5.75 Å². The maximum absolute atomic E-state index is 12.3. The molecule has 0 radical (unpaired) electrons. The van der Waals surface area contributed by atoms with Crippen molar-refractivity contribution in [1.82, 2.24) is 15.1 Å². The van der Waals surface area contributed by atoms with Crippen LogP contribution in [0, 0.1) is 5.92 Å². The minimum atomic E-state index is 0.125. The van der Waals surface area contributed by atoms with Gasteiger partial charge in [-0.1, -0.05) is 15.9 Å². The maximum Gasteiger partial charge on any atom is 0.317 e. The summed E-state index contributed by atoms with van der Waals surface area (Å²) in [6.45, 7) is 7.05. The summed E-state index contributed by atoms with van der Waals surface area (Å²) in [6, 6.07) is 6.79. The van der Waals surface area contributed by atoms with Crippen LogP contribution in [0.4, 0.5) is 4.79 Å². The van der Waals surface area contributed by atoms with Crippen LogP contribution < -0.4 is 10.1 Å².